The van der Waals surface area contributed by atoms with Crippen molar-refractivity contribution >= 4 is 5.65 Å². The summed E-state index contributed by atoms with van der Waals surface area (Å²) in [7, 11) is 0. The smallest absolute Gasteiger partial charge is 0.302 e. The van der Waals surface area contributed by atoms with Crippen LogP contribution in [0.2, 0.25) is 0 Å². The molecule has 0 atom stereocenters. The Morgan fingerprint density at radius 1 is 1.14 bits per heavy atom. The fraction of sp³-hybridized carbons (Fsp3) is 0.0714. The van der Waals surface area contributed by atoms with Crippen molar-refractivity contribution in [3.8, 4) is 17.3 Å². The maximum atomic E-state index is 12.5. The lowest BCUT2D eigenvalue weighted by atomic mass is 10.1. The van der Waals surface area contributed by atoms with Gasteiger partial charge in [-0.25, -0.2) is 9.97 Å². The van der Waals surface area contributed by atoms with E-state index in [1.54, 1.807) is 16.8 Å². The maximum absolute atomic E-state index is 12.5. The van der Waals surface area contributed by atoms with Crippen molar-refractivity contribution in [1.82, 2.24) is 14.4 Å². The second-order valence-electron chi connectivity index (χ2n) is 4.32. The third kappa shape index (κ3) is 2.31. The third-order valence-corrected chi connectivity index (χ3v) is 2.99. The fourth-order valence-corrected chi connectivity index (χ4v) is 1.98. The van der Waals surface area contributed by atoms with Crippen LogP contribution in [0.25, 0.3) is 16.9 Å². The summed E-state index contributed by atoms with van der Waals surface area (Å²) in [5.74, 6) is 0. The Morgan fingerprint density at radius 2 is 1.86 bits per heavy atom. The first kappa shape index (κ1) is 13.1. The van der Waals surface area contributed by atoms with E-state index in [9.17, 15) is 13.2 Å². The van der Waals surface area contributed by atoms with E-state index in [0.717, 1.165) is 12.1 Å². The van der Waals surface area contributed by atoms with E-state index in [0.29, 0.717) is 16.9 Å². The number of aromatic nitrogens is 3. The third-order valence-electron chi connectivity index (χ3n) is 2.99. The number of fused-ring (bicyclic) bond motifs is 1. The average Bonchev–Trinajstić information content (AvgIpc) is 2.93. The first-order valence-corrected chi connectivity index (χ1v) is 5.90. The monoisotopic (exact) mass is 288 g/mol. The molecule has 0 spiro atoms. The van der Waals surface area contributed by atoms with Gasteiger partial charge < -0.3 is 4.40 Å². The molecule has 7 heteroatoms. The Hall–Kier alpha value is -2.88. The first-order valence-electron chi connectivity index (χ1n) is 5.90. The van der Waals surface area contributed by atoms with Crippen molar-refractivity contribution in [1.29, 1.82) is 5.26 Å². The molecule has 21 heavy (non-hydrogen) atoms. The van der Waals surface area contributed by atoms with Gasteiger partial charge in [0.15, 0.2) is 11.3 Å². The SMILES string of the molecule is N#Cc1nc(-c2ccc(C(F)(F)F)cc2)cn2ccnc12. The zero-order valence-corrected chi connectivity index (χ0v) is 10.5. The number of benzene rings is 1. The number of nitriles is 1. The van der Waals surface area contributed by atoms with Crippen LogP contribution < -0.4 is 0 Å². The van der Waals surface area contributed by atoms with Gasteiger partial charge in [-0.15, -0.1) is 0 Å². The predicted molar refractivity (Wildman–Crippen MR) is 68.1 cm³/mol. The van der Waals surface area contributed by atoms with Gasteiger partial charge >= 0.3 is 6.18 Å². The second kappa shape index (κ2) is 4.59. The molecule has 0 bridgehead atoms. The minimum Gasteiger partial charge on any atom is -0.302 e. The normalized spacial score (nSPS) is 11.5. The second-order valence-corrected chi connectivity index (χ2v) is 4.32. The summed E-state index contributed by atoms with van der Waals surface area (Å²) in [5, 5.41) is 9.06. The lowest BCUT2D eigenvalue weighted by Gasteiger charge is -2.08. The molecule has 0 aliphatic carbocycles. The van der Waals surface area contributed by atoms with Crippen LogP contribution in [-0.4, -0.2) is 14.4 Å². The van der Waals surface area contributed by atoms with Gasteiger partial charge in [-0.05, 0) is 12.1 Å². The van der Waals surface area contributed by atoms with Crippen molar-refractivity contribution in [3.05, 3.63) is 54.1 Å². The summed E-state index contributed by atoms with van der Waals surface area (Å²) in [6.07, 6.45) is 0.406. The molecule has 1 aromatic carbocycles. The highest BCUT2D eigenvalue weighted by atomic mass is 19.4. The van der Waals surface area contributed by atoms with Crippen molar-refractivity contribution in [2.24, 2.45) is 0 Å². The van der Waals surface area contributed by atoms with Crippen molar-refractivity contribution < 1.29 is 13.2 Å². The van der Waals surface area contributed by atoms with E-state index in [2.05, 4.69) is 9.97 Å². The van der Waals surface area contributed by atoms with Gasteiger partial charge in [-0.3, -0.25) is 0 Å². The van der Waals surface area contributed by atoms with E-state index in [-0.39, 0.29) is 5.69 Å². The summed E-state index contributed by atoms with van der Waals surface area (Å²) in [6, 6.07) is 6.56. The highest BCUT2D eigenvalue weighted by Gasteiger charge is 2.30. The van der Waals surface area contributed by atoms with Gasteiger partial charge in [0, 0.05) is 24.2 Å². The van der Waals surface area contributed by atoms with Gasteiger partial charge in [0.1, 0.15) is 6.07 Å². The van der Waals surface area contributed by atoms with Crippen molar-refractivity contribution in [3.63, 3.8) is 0 Å². The van der Waals surface area contributed by atoms with Crippen LogP contribution in [0.3, 0.4) is 0 Å². The number of halogens is 3. The number of nitrogens with zero attached hydrogens (tertiary/aromatic N) is 4. The summed E-state index contributed by atoms with van der Waals surface area (Å²) >= 11 is 0. The topological polar surface area (TPSA) is 54.0 Å². The van der Waals surface area contributed by atoms with Crippen LogP contribution in [0.15, 0.2) is 42.9 Å². The molecule has 3 aromatic rings. The van der Waals surface area contributed by atoms with Gasteiger partial charge in [-0.1, -0.05) is 12.1 Å². The van der Waals surface area contributed by atoms with E-state index < -0.39 is 11.7 Å². The van der Waals surface area contributed by atoms with Gasteiger partial charge in [0.25, 0.3) is 0 Å². The van der Waals surface area contributed by atoms with E-state index in [1.807, 2.05) is 6.07 Å². The molecule has 0 saturated heterocycles. The molecule has 0 fully saturated rings. The van der Waals surface area contributed by atoms with Gasteiger partial charge in [-0.2, -0.15) is 18.4 Å². The zero-order valence-electron chi connectivity index (χ0n) is 10.5. The first-order chi connectivity index (χ1) is 9.99. The lowest BCUT2D eigenvalue weighted by Crippen LogP contribution is -2.04. The van der Waals surface area contributed by atoms with Crippen molar-refractivity contribution in [2.75, 3.05) is 0 Å². The molecule has 4 nitrogen and oxygen atoms in total. The summed E-state index contributed by atoms with van der Waals surface area (Å²) in [6.45, 7) is 0. The Labute approximate surface area is 117 Å². The molecule has 0 radical (unpaired) electrons. The van der Waals surface area contributed by atoms with Crippen LogP contribution in [-0.2, 0) is 6.18 Å². The summed E-state index contributed by atoms with van der Waals surface area (Å²) in [4.78, 5) is 8.13. The molecule has 0 aliphatic heterocycles. The number of hydrogen-bond donors (Lipinski definition) is 0. The van der Waals surface area contributed by atoms with E-state index >= 15 is 0 Å². The maximum Gasteiger partial charge on any atom is 0.416 e. The highest BCUT2D eigenvalue weighted by molar-refractivity contribution is 5.63. The number of hydrogen-bond acceptors (Lipinski definition) is 3. The standard InChI is InChI=1S/C14H7F3N4/c15-14(16,17)10-3-1-9(2-4-10)12-8-21-6-5-19-13(21)11(7-18)20-12/h1-6,8H. The Bertz CT molecular complexity index is 841. The van der Waals surface area contributed by atoms with Gasteiger partial charge in [0.2, 0.25) is 0 Å². The molecule has 0 amide bonds. The molecule has 0 saturated carbocycles. The van der Waals surface area contributed by atoms with E-state index in [1.165, 1.54) is 18.3 Å². The van der Waals surface area contributed by atoms with Crippen LogP contribution >= 0.6 is 0 Å². The Morgan fingerprint density at radius 3 is 2.48 bits per heavy atom. The summed E-state index contributed by atoms with van der Waals surface area (Å²) < 4.78 is 39.2. The van der Waals surface area contributed by atoms with Crippen LogP contribution in [0, 0.1) is 11.3 Å². The lowest BCUT2D eigenvalue weighted by molar-refractivity contribution is -0.137. The molecule has 0 N–H and O–H groups in total. The van der Waals surface area contributed by atoms with Crippen molar-refractivity contribution in [2.45, 2.75) is 6.18 Å². The highest BCUT2D eigenvalue weighted by Crippen LogP contribution is 2.30. The van der Waals surface area contributed by atoms with E-state index in [4.69, 9.17) is 5.26 Å². The molecule has 0 unspecified atom stereocenters. The van der Waals surface area contributed by atoms with Crippen LogP contribution in [0.5, 0.6) is 0 Å². The summed E-state index contributed by atoms with van der Waals surface area (Å²) in [5.41, 5.74) is 0.710. The molecule has 104 valence electrons. The minimum atomic E-state index is -4.38. The molecule has 3 rings (SSSR count). The zero-order chi connectivity index (χ0) is 15.0. The number of imidazole rings is 1. The largest absolute Gasteiger partial charge is 0.416 e. The Kier molecular flexibility index (Phi) is 2.87. The molecular weight excluding hydrogens is 281 g/mol. The number of rotatable bonds is 1. The molecule has 0 aliphatic rings. The fourth-order valence-electron chi connectivity index (χ4n) is 1.98. The molecular formula is C14H7F3N4. The van der Waals surface area contributed by atoms with Gasteiger partial charge in [0.05, 0.1) is 11.3 Å². The van der Waals surface area contributed by atoms with Crippen LogP contribution in [0.1, 0.15) is 11.3 Å². The van der Waals surface area contributed by atoms with Crippen LogP contribution in [0.4, 0.5) is 13.2 Å². The quantitative estimate of drug-likeness (QED) is 0.690. The molecule has 2 aromatic heterocycles. The Balaban J connectivity index is 2.10. The predicted octanol–water partition coefficient (Wildman–Crippen LogP) is 3.29. The minimum absolute atomic E-state index is 0.123. The molecule has 2 heterocycles. The number of alkyl halides is 3. The average molecular weight is 288 g/mol.